The maximum absolute atomic E-state index is 13.0. The Kier molecular flexibility index (Phi) is 7.89. The number of rotatable bonds is 8. The van der Waals surface area contributed by atoms with Gasteiger partial charge < -0.3 is 10.1 Å². The number of allylic oxidation sites excluding steroid dienone is 1. The van der Waals surface area contributed by atoms with Crippen molar-refractivity contribution in [2.24, 2.45) is 0 Å². The molecule has 0 unspecified atom stereocenters. The minimum absolute atomic E-state index is 0.218. The van der Waals surface area contributed by atoms with Gasteiger partial charge >= 0.3 is 0 Å². The van der Waals surface area contributed by atoms with Gasteiger partial charge in [0.25, 0.3) is 0 Å². The molecule has 0 atom stereocenters. The van der Waals surface area contributed by atoms with Crippen LogP contribution in [0.4, 0.5) is 4.39 Å². The molecule has 4 heteroatoms. The molecule has 2 nitrogen and oxygen atoms in total. The third kappa shape index (κ3) is 6.28. The highest BCUT2D eigenvalue weighted by Crippen LogP contribution is 2.17. The highest BCUT2D eigenvalue weighted by atomic mass is 79.9. The van der Waals surface area contributed by atoms with E-state index < -0.39 is 0 Å². The first-order valence-electron chi connectivity index (χ1n) is 6.02. The van der Waals surface area contributed by atoms with Gasteiger partial charge in [0.15, 0.2) is 0 Å². The summed E-state index contributed by atoms with van der Waals surface area (Å²) in [5.74, 6) is -0.218. The Morgan fingerprint density at radius 1 is 1.33 bits per heavy atom. The van der Waals surface area contributed by atoms with Gasteiger partial charge in [0.1, 0.15) is 5.82 Å². The summed E-state index contributed by atoms with van der Waals surface area (Å²) in [5.41, 5.74) is 1.10. The van der Waals surface area contributed by atoms with Crippen molar-refractivity contribution in [3.63, 3.8) is 0 Å². The van der Waals surface area contributed by atoms with E-state index in [1.165, 1.54) is 6.07 Å². The van der Waals surface area contributed by atoms with E-state index >= 15 is 0 Å². The van der Waals surface area contributed by atoms with Crippen molar-refractivity contribution in [3.05, 3.63) is 46.2 Å². The zero-order valence-electron chi connectivity index (χ0n) is 10.6. The molecule has 1 aromatic carbocycles. The summed E-state index contributed by atoms with van der Waals surface area (Å²) in [6, 6.07) is 5.11. The molecule has 0 aliphatic rings. The van der Waals surface area contributed by atoms with Crippen LogP contribution in [0.2, 0.25) is 0 Å². The molecule has 0 saturated carbocycles. The van der Waals surface area contributed by atoms with E-state index in [9.17, 15) is 4.39 Å². The van der Waals surface area contributed by atoms with Crippen LogP contribution in [-0.4, -0.2) is 26.8 Å². The topological polar surface area (TPSA) is 21.3 Å². The Bertz CT molecular complexity index is 382. The second kappa shape index (κ2) is 9.25. The first kappa shape index (κ1) is 15.3. The Morgan fingerprint density at radius 2 is 2.17 bits per heavy atom. The molecule has 1 rings (SSSR count). The minimum Gasteiger partial charge on any atom is -0.383 e. The first-order valence-corrected chi connectivity index (χ1v) is 6.82. The third-order valence-corrected chi connectivity index (χ3v) is 3.08. The quantitative estimate of drug-likeness (QED) is 0.587. The lowest BCUT2D eigenvalue weighted by molar-refractivity contribution is 0.199. The molecule has 0 radical (unpaired) electrons. The molecule has 1 aromatic rings. The predicted molar refractivity (Wildman–Crippen MR) is 76.3 cm³/mol. The van der Waals surface area contributed by atoms with E-state index in [1.807, 2.05) is 6.07 Å². The largest absolute Gasteiger partial charge is 0.383 e. The zero-order chi connectivity index (χ0) is 13.2. The Balaban J connectivity index is 2.17. The van der Waals surface area contributed by atoms with Crippen LogP contribution >= 0.6 is 15.9 Å². The fourth-order valence-electron chi connectivity index (χ4n) is 1.49. The van der Waals surface area contributed by atoms with Crippen LogP contribution in [0, 0.1) is 5.82 Å². The van der Waals surface area contributed by atoms with Crippen molar-refractivity contribution < 1.29 is 9.13 Å². The van der Waals surface area contributed by atoms with Gasteiger partial charge in [-0.15, -0.1) is 0 Å². The van der Waals surface area contributed by atoms with Crippen molar-refractivity contribution in [2.75, 3.05) is 26.8 Å². The average molecular weight is 316 g/mol. The second-order valence-corrected chi connectivity index (χ2v) is 4.81. The highest BCUT2D eigenvalue weighted by molar-refractivity contribution is 9.10. The lowest BCUT2D eigenvalue weighted by atomic mass is 10.1. The molecule has 0 heterocycles. The van der Waals surface area contributed by atoms with Crippen molar-refractivity contribution in [2.45, 2.75) is 12.8 Å². The molecule has 1 N–H and O–H groups in total. The summed E-state index contributed by atoms with van der Waals surface area (Å²) >= 11 is 3.18. The third-order valence-electron chi connectivity index (χ3n) is 2.47. The molecule has 0 aromatic heterocycles. The molecule has 0 aliphatic carbocycles. The number of nitrogens with one attached hydrogen (secondary N) is 1. The normalized spacial score (nSPS) is 11.3. The van der Waals surface area contributed by atoms with E-state index in [4.69, 9.17) is 4.74 Å². The molecule has 0 saturated heterocycles. The van der Waals surface area contributed by atoms with Crippen molar-refractivity contribution in [1.82, 2.24) is 5.32 Å². The Hall–Kier alpha value is -0.710. The van der Waals surface area contributed by atoms with Crippen LogP contribution in [-0.2, 0) is 11.2 Å². The molecule has 18 heavy (non-hydrogen) atoms. The first-order chi connectivity index (χ1) is 8.74. The van der Waals surface area contributed by atoms with Gasteiger partial charge in [-0.3, -0.25) is 0 Å². The summed E-state index contributed by atoms with van der Waals surface area (Å²) in [5, 5.41) is 3.27. The van der Waals surface area contributed by atoms with E-state index in [-0.39, 0.29) is 5.82 Å². The molecular formula is C14H19BrFNO. The number of hydrogen-bond donors (Lipinski definition) is 1. The van der Waals surface area contributed by atoms with Gasteiger partial charge in [0.05, 0.1) is 11.1 Å². The van der Waals surface area contributed by atoms with Crippen LogP contribution in [0.25, 0.3) is 0 Å². The second-order valence-electron chi connectivity index (χ2n) is 3.96. The summed E-state index contributed by atoms with van der Waals surface area (Å²) in [6.45, 7) is 2.58. The van der Waals surface area contributed by atoms with Crippen molar-refractivity contribution in [1.29, 1.82) is 0 Å². The van der Waals surface area contributed by atoms with E-state index in [2.05, 4.69) is 33.4 Å². The van der Waals surface area contributed by atoms with Gasteiger partial charge in [0, 0.05) is 13.7 Å². The number of methoxy groups -OCH3 is 1. The fourth-order valence-corrected chi connectivity index (χ4v) is 1.91. The maximum Gasteiger partial charge on any atom is 0.137 e. The van der Waals surface area contributed by atoms with Crippen LogP contribution in [0.1, 0.15) is 12.0 Å². The molecule has 100 valence electrons. The fraction of sp³-hybridized carbons (Fsp3) is 0.429. The lowest BCUT2D eigenvalue weighted by Gasteiger charge is -2.01. The summed E-state index contributed by atoms with van der Waals surface area (Å²) in [4.78, 5) is 0. The van der Waals surface area contributed by atoms with Gasteiger partial charge in [-0.25, -0.2) is 4.39 Å². The average Bonchev–Trinajstić information content (AvgIpc) is 2.37. The molecule has 0 aliphatic heterocycles. The lowest BCUT2D eigenvalue weighted by Crippen LogP contribution is -2.19. The van der Waals surface area contributed by atoms with E-state index in [0.29, 0.717) is 4.47 Å². The van der Waals surface area contributed by atoms with Crippen LogP contribution < -0.4 is 5.32 Å². The van der Waals surface area contributed by atoms with Crippen LogP contribution in [0.3, 0.4) is 0 Å². The van der Waals surface area contributed by atoms with Crippen molar-refractivity contribution >= 4 is 15.9 Å². The minimum atomic E-state index is -0.218. The summed E-state index contributed by atoms with van der Waals surface area (Å²) < 4.78 is 18.5. The number of halogens is 2. The predicted octanol–water partition coefficient (Wildman–Crippen LogP) is 3.31. The molecule has 0 spiro atoms. The van der Waals surface area contributed by atoms with Gasteiger partial charge in [0.2, 0.25) is 0 Å². The van der Waals surface area contributed by atoms with E-state index in [1.54, 1.807) is 13.2 Å². The monoisotopic (exact) mass is 315 g/mol. The Morgan fingerprint density at radius 3 is 2.89 bits per heavy atom. The smallest absolute Gasteiger partial charge is 0.137 e. The Labute approximate surface area is 116 Å². The standard InChI is InChI=1S/C14H19BrFNO/c1-18-10-9-17-8-4-2-3-5-12-6-7-14(16)13(15)11-12/h2-3,6-7,11,17H,4-5,8-10H2,1H3. The molecule has 0 fully saturated rings. The molecule has 0 bridgehead atoms. The van der Waals surface area contributed by atoms with Crippen LogP contribution in [0.15, 0.2) is 34.8 Å². The summed E-state index contributed by atoms with van der Waals surface area (Å²) in [6.07, 6.45) is 6.07. The van der Waals surface area contributed by atoms with Gasteiger partial charge in [-0.1, -0.05) is 18.2 Å². The number of benzene rings is 1. The van der Waals surface area contributed by atoms with Crippen molar-refractivity contribution in [3.8, 4) is 0 Å². The van der Waals surface area contributed by atoms with Gasteiger partial charge in [-0.05, 0) is 53.0 Å². The summed E-state index contributed by atoms with van der Waals surface area (Å²) in [7, 11) is 1.70. The molecule has 0 amide bonds. The van der Waals surface area contributed by atoms with E-state index in [0.717, 1.165) is 38.1 Å². The van der Waals surface area contributed by atoms with Gasteiger partial charge in [-0.2, -0.15) is 0 Å². The molecular weight excluding hydrogens is 297 g/mol. The number of ether oxygens (including phenoxy) is 1. The number of hydrogen-bond acceptors (Lipinski definition) is 2. The highest BCUT2D eigenvalue weighted by Gasteiger charge is 1.98. The SMILES string of the molecule is COCCNCCC=CCc1ccc(F)c(Br)c1. The van der Waals surface area contributed by atoms with Crippen LogP contribution in [0.5, 0.6) is 0 Å². The maximum atomic E-state index is 13.0. The zero-order valence-corrected chi connectivity index (χ0v) is 12.2.